The molecule has 7 heteroatoms. The first kappa shape index (κ1) is 23.7. The number of aryl methyl sites for hydroxylation is 1. The Hall–Kier alpha value is -3.48. The second kappa shape index (κ2) is 8.70. The Bertz CT molecular complexity index is 1230. The van der Waals surface area contributed by atoms with E-state index in [0.717, 1.165) is 41.0 Å². The fourth-order valence-corrected chi connectivity index (χ4v) is 4.13. The molecule has 0 saturated carbocycles. The van der Waals surface area contributed by atoms with Gasteiger partial charge in [-0.25, -0.2) is 0 Å². The SMILES string of the molecule is CC(=O)N(Cc1cccc(Oc2cccc(C(F)(F)F)c2)c1)c1ccc(C)c2c1OC(C)(C)C2. The number of carbonyl (C=O) groups excluding carboxylic acids is 1. The molecule has 0 aromatic heterocycles. The summed E-state index contributed by atoms with van der Waals surface area (Å²) in [7, 11) is 0. The predicted molar refractivity (Wildman–Crippen MR) is 124 cm³/mol. The van der Waals surface area contributed by atoms with Crippen molar-refractivity contribution < 1.29 is 27.4 Å². The normalized spacial score (nSPS) is 14.3. The monoisotopic (exact) mass is 469 g/mol. The third-order valence-electron chi connectivity index (χ3n) is 5.76. The van der Waals surface area contributed by atoms with Crippen LogP contribution < -0.4 is 14.4 Å². The van der Waals surface area contributed by atoms with Gasteiger partial charge in [0.1, 0.15) is 22.8 Å². The molecule has 3 aromatic rings. The molecule has 0 aliphatic carbocycles. The number of carbonyl (C=O) groups is 1. The highest BCUT2D eigenvalue weighted by atomic mass is 19.4. The molecule has 0 unspecified atom stereocenters. The third kappa shape index (κ3) is 5.03. The molecule has 1 heterocycles. The van der Waals surface area contributed by atoms with Crippen LogP contribution in [-0.4, -0.2) is 11.5 Å². The van der Waals surface area contributed by atoms with Crippen molar-refractivity contribution >= 4 is 11.6 Å². The molecular formula is C27H26F3NO3. The van der Waals surface area contributed by atoms with Gasteiger partial charge in [0.05, 0.1) is 17.8 Å². The van der Waals surface area contributed by atoms with Gasteiger partial charge >= 0.3 is 6.18 Å². The lowest BCUT2D eigenvalue weighted by Crippen LogP contribution is -2.29. The van der Waals surface area contributed by atoms with E-state index in [2.05, 4.69) is 0 Å². The number of rotatable bonds is 5. The molecule has 1 aliphatic heterocycles. The molecule has 0 spiro atoms. The lowest BCUT2D eigenvalue weighted by Gasteiger charge is -2.25. The van der Waals surface area contributed by atoms with Gasteiger partial charge in [-0.15, -0.1) is 0 Å². The lowest BCUT2D eigenvalue weighted by molar-refractivity contribution is -0.137. The lowest BCUT2D eigenvalue weighted by atomic mass is 9.97. The Morgan fingerprint density at radius 2 is 1.74 bits per heavy atom. The maximum absolute atomic E-state index is 13.0. The molecule has 0 bridgehead atoms. The van der Waals surface area contributed by atoms with Gasteiger partial charge < -0.3 is 14.4 Å². The van der Waals surface area contributed by atoms with Gasteiger partial charge in [-0.1, -0.05) is 24.3 Å². The van der Waals surface area contributed by atoms with Crippen molar-refractivity contribution in [1.29, 1.82) is 0 Å². The minimum atomic E-state index is -4.45. The van der Waals surface area contributed by atoms with Crippen LogP contribution in [0.2, 0.25) is 0 Å². The molecule has 0 N–H and O–H groups in total. The Morgan fingerprint density at radius 1 is 1.06 bits per heavy atom. The zero-order valence-electron chi connectivity index (χ0n) is 19.5. The number of amides is 1. The fourth-order valence-electron chi connectivity index (χ4n) is 4.13. The van der Waals surface area contributed by atoms with Gasteiger partial charge in [0, 0.05) is 18.9 Å². The molecule has 0 radical (unpaired) electrons. The summed E-state index contributed by atoms with van der Waals surface area (Å²) in [5.41, 5.74) is 2.54. The number of hydrogen-bond donors (Lipinski definition) is 0. The number of fused-ring (bicyclic) bond motifs is 1. The Balaban J connectivity index is 1.60. The van der Waals surface area contributed by atoms with E-state index in [4.69, 9.17) is 9.47 Å². The highest BCUT2D eigenvalue weighted by molar-refractivity contribution is 5.93. The molecule has 178 valence electrons. The van der Waals surface area contributed by atoms with Gasteiger partial charge in [0.25, 0.3) is 0 Å². The first-order chi connectivity index (χ1) is 15.9. The minimum absolute atomic E-state index is 0.0855. The summed E-state index contributed by atoms with van der Waals surface area (Å²) in [6.07, 6.45) is -3.69. The number of halogens is 3. The van der Waals surface area contributed by atoms with Crippen molar-refractivity contribution in [1.82, 2.24) is 0 Å². The van der Waals surface area contributed by atoms with Crippen LogP contribution in [-0.2, 0) is 23.9 Å². The summed E-state index contributed by atoms with van der Waals surface area (Å²) < 4.78 is 50.9. The molecule has 0 fully saturated rings. The van der Waals surface area contributed by atoms with E-state index in [1.54, 1.807) is 23.1 Å². The number of anilines is 1. The second-order valence-electron chi connectivity index (χ2n) is 9.13. The number of nitrogens with zero attached hydrogens (tertiary/aromatic N) is 1. The molecule has 3 aromatic carbocycles. The Kier molecular flexibility index (Phi) is 6.06. The molecule has 1 amide bonds. The van der Waals surface area contributed by atoms with Crippen molar-refractivity contribution in [3.63, 3.8) is 0 Å². The number of benzene rings is 3. The summed E-state index contributed by atoms with van der Waals surface area (Å²) in [5, 5.41) is 0. The quantitative estimate of drug-likeness (QED) is 0.401. The molecule has 34 heavy (non-hydrogen) atoms. The van der Waals surface area contributed by atoms with Crippen LogP contribution in [0.1, 0.15) is 43.0 Å². The average molecular weight is 470 g/mol. The zero-order valence-corrected chi connectivity index (χ0v) is 19.5. The van der Waals surface area contributed by atoms with Crippen LogP contribution in [0.5, 0.6) is 17.2 Å². The molecular weight excluding hydrogens is 443 g/mol. The first-order valence-corrected chi connectivity index (χ1v) is 11.0. The van der Waals surface area contributed by atoms with E-state index in [1.807, 2.05) is 39.0 Å². The minimum Gasteiger partial charge on any atom is -0.485 e. The van der Waals surface area contributed by atoms with Crippen LogP contribution >= 0.6 is 0 Å². The van der Waals surface area contributed by atoms with Crippen LogP contribution in [0.4, 0.5) is 18.9 Å². The van der Waals surface area contributed by atoms with E-state index in [1.165, 1.54) is 19.1 Å². The topological polar surface area (TPSA) is 38.8 Å². The maximum atomic E-state index is 13.0. The van der Waals surface area contributed by atoms with E-state index in [9.17, 15) is 18.0 Å². The van der Waals surface area contributed by atoms with Crippen LogP contribution in [0.3, 0.4) is 0 Å². The van der Waals surface area contributed by atoms with Crippen molar-refractivity contribution in [3.8, 4) is 17.2 Å². The summed E-state index contributed by atoms with van der Waals surface area (Å²) in [6.45, 7) is 7.82. The smallest absolute Gasteiger partial charge is 0.416 e. The van der Waals surface area contributed by atoms with Crippen molar-refractivity contribution in [3.05, 3.63) is 82.9 Å². The van der Waals surface area contributed by atoms with Crippen LogP contribution in [0.25, 0.3) is 0 Å². The summed E-state index contributed by atoms with van der Waals surface area (Å²) in [5.74, 6) is 1.04. The average Bonchev–Trinajstić information content (AvgIpc) is 3.08. The van der Waals surface area contributed by atoms with Crippen LogP contribution in [0, 0.1) is 6.92 Å². The Morgan fingerprint density at radius 3 is 2.41 bits per heavy atom. The van der Waals surface area contributed by atoms with E-state index in [0.29, 0.717) is 11.4 Å². The Labute approximate surface area is 196 Å². The first-order valence-electron chi connectivity index (χ1n) is 11.0. The van der Waals surface area contributed by atoms with Crippen molar-refractivity contribution in [2.45, 2.75) is 52.4 Å². The van der Waals surface area contributed by atoms with E-state index >= 15 is 0 Å². The summed E-state index contributed by atoms with van der Waals surface area (Å²) >= 11 is 0. The van der Waals surface area contributed by atoms with E-state index in [-0.39, 0.29) is 23.8 Å². The third-order valence-corrected chi connectivity index (χ3v) is 5.76. The van der Waals surface area contributed by atoms with Crippen molar-refractivity contribution in [2.75, 3.05) is 4.90 Å². The highest BCUT2D eigenvalue weighted by Gasteiger charge is 2.35. The van der Waals surface area contributed by atoms with Crippen molar-refractivity contribution in [2.24, 2.45) is 0 Å². The molecule has 4 nitrogen and oxygen atoms in total. The number of hydrogen-bond acceptors (Lipinski definition) is 3. The molecule has 0 atom stereocenters. The zero-order chi connectivity index (χ0) is 24.7. The largest absolute Gasteiger partial charge is 0.485 e. The van der Waals surface area contributed by atoms with Gasteiger partial charge in [0.15, 0.2) is 0 Å². The number of alkyl halides is 3. The second-order valence-corrected chi connectivity index (χ2v) is 9.13. The number of ether oxygens (including phenoxy) is 2. The van der Waals surface area contributed by atoms with Gasteiger partial charge in [-0.05, 0) is 68.3 Å². The molecule has 1 aliphatic rings. The van der Waals surface area contributed by atoms with Gasteiger partial charge in [-0.3, -0.25) is 4.79 Å². The molecule has 0 saturated heterocycles. The van der Waals surface area contributed by atoms with Crippen LogP contribution in [0.15, 0.2) is 60.7 Å². The van der Waals surface area contributed by atoms with E-state index < -0.39 is 11.7 Å². The van der Waals surface area contributed by atoms with Gasteiger partial charge in [0.2, 0.25) is 5.91 Å². The maximum Gasteiger partial charge on any atom is 0.416 e. The highest BCUT2D eigenvalue weighted by Crippen LogP contribution is 2.44. The summed E-state index contributed by atoms with van der Waals surface area (Å²) in [6, 6.07) is 15.6. The molecule has 4 rings (SSSR count). The van der Waals surface area contributed by atoms with Gasteiger partial charge in [-0.2, -0.15) is 13.2 Å². The standard InChI is InChI=1S/C27H26F3NO3/c1-17-11-12-24(25-23(17)15-26(3,4)34-25)31(18(2)32)16-19-7-5-9-21(13-19)33-22-10-6-8-20(14-22)27(28,29)30/h5-14H,15-16H2,1-4H3. The summed E-state index contributed by atoms with van der Waals surface area (Å²) in [4.78, 5) is 14.3. The predicted octanol–water partition coefficient (Wildman–Crippen LogP) is 7.07. The fraction of sp³-hybridized carbons (Fsp3) is 0.296.